The number of rotatable bonds is 7. The summed E-state index contributed by atoms with van der Waals surface area (Å²) in [6.45, 7) is 8.35. The Morgan fingerprint density at radius 2 is 2.06 bits per heavy atom. The number of carbonyl (C=O) groups excluding carboxylic acids is 1. The van der Waals surface area contributed by atoms with Gasteiger partial charge in [0.15, 0.2) is 0 Å². The molecule has 0 saturated carbocycles. The molecule has 2 unspecified atom stereocenters. The van der Waals surface area contributed by atoms with Gasteiger partial charge in [0, 0.05) is 13.2 Å². The van der Waals surface area contributed by atoms with Crippen LogP contribution >= 0.6 is 0 Å². The van der Waals surface area contributed by atoms with Crippen molar-refractivity contribution < 1.29 is 9.53 Å². The SMILES string of the molecule is CCC1OCCC1C(=O)NCC(CC)(CC)CN. The first kappa shape index (κ1) is 15.4. The molecule has 106 valence electrons. The molecule has 0 aromatic carbocycles. The first-order chi connectivity index (χ1) is 8.62. The highest BCUT2D eigenvalue weighted by atomic mass is 16.5. The van der Waals surface area contributed by atoms with E-state index < -0.39 is 0 Å². The molecule has 0 aromatic heterocycles. The maximum absolute atomic E-state index is 12.2. The van der Waals surface area contributed by atoms with E-state index in [1.165, 1.54) is 0 Å². The number of amides is 1. The van der Waals surface area contributed by atoms with Crippen LogP contribution in [0.5, 0.6) is 0 Å². The second-order valence-corrected chi connectivity index (χ2v) is 5.34. The van der Waals surface area contributed by atoms with Gasteiger partial charge in [0.2, 0.25) is 5.91 Å². The molecule has 0 radical (unpaired) electrons. The maximum Gasteiger partial charge on any atom is 0.225 e. The van der Waals surface area contributed by atoms with E-state index >= 15 is 0 Å². The highest BCUT2D eigenvalue weighted by Gasteiger charge is 2.34. The molecule has 1 amide bonds. The van der Waals surface area contributed by atoms with Crippen molar-refractivity contribution in [2.45, 2.75) is 52.6 Å². The van der Waals surface area contributed by atoms with Crippen LogP contribution in [0.3, 0.4) is 0 Å². The molecule has 0 bridgehead atoms. The van der Waals surface area contributed by atoms with E-state index in [1.807, 2.05) is 0 Å². The summed E-state index contributed by atoms with van der Waals surface area (Å²) >= 11 is 0. The summed E-state index contributed by atoms with van der Waals surface area (Å²) in [5, 5.41) is 3.08. The van der Waals surface area contributed by atoms with E-state index in [9.17, 15) is 4.79 Å². The predicted octanol–water partition coefficient (Wildman–Crippen LogP) is 1.68. The van der Waals surface area contributed by atoms with Crippen molar-refractivity contribution in [2.75, 3.05) is 19.7 Å². The number of carbonyl (C=O) groups is 1. The van der Waals surface area contributed by atoms with E-state index in [1.54, 1.807) is 0 Å². The van der Waals surface area contributed by atoms with Gasteiger partial charge >= 0.3 is 0 Å². The summed E-state index contributed by atoms with van der Waals surface area (Å²) in [5.74, 6) is 0.165. The monoisotopic (exact) mass is 256 g/mol. The summed E-state index contributed by atoms with van der Waals surface area (Å²) in [4.78, 5) is 12.2. The van der Waals surface area contributed by atoms with E-state index in [2.05, 4.69) is 26.1 Å². The van der Waals surface area contributed by atoms with Gasteiger partial charge in [-0.25, -0.2) is 0 Å². The zero-order valence-corrected chi connectivity index (χ0v) is 12.0. The van der Waals surface area contributed by atoms with Crippen LogP contribution in [0.15, 0.2) is 0 Å². The Morgan fingerprint density at radius 3 is 2.56 bits per heavy atom. The van der Waals surface area contributed by atoms with Crippen LogP contribution in [0.2, 0.25) is 0 Å². The fraction of sp³-hybridized carbons (Fsp3) is 0.929. The summed E-state index contributed by atoms with van der Waals surface area (Å²) in [6, 6.07) is 0. The molecule has 0 spiro atoms. The summed E-state index contributed by atoms with van der Waals surface area (Å²) < 4.78 is 5.56. The highest BCUT2D eigenvalue weighted by Crippen LogP contribution is 2.26. The Morgan fingerprint density at radius 1 is 1.39 bits per heavy atom. The van der Waals surface area contributed by atoms with E-state index in [4.69, 9.17) is 10.5 Å². The molecular formula is C14H28N2O2. The van der Waals surface area contributed by atoms with Crippen molar-refractivity contribution in [3.8, 4) is 0 Å². The first-order valence-corrected chi connectivity index (χ1v) is 7.21. The standard InChI is InChI=1S/C14H28N2O2/c1-4-12-11(7-8-18-12)13(17)16-10-14(5-2,6-3)9-15/h11-12H,4-10,15H2,1-3H3,(H,16,17). The van der Waals surface area contributed by atoms with E-state index in [0.29, 0.717) is 19.7 Å². The molecular weight excluding hydrogens is 228 g/mol. The van der Waals surface area contributed by atoms with E-state index in [-0.39, 0.29) is 23.3 Å². The molecule has 0 aromatic rings. The highest BCUT2D eigenvalue weighted by molar-refractivity contribution is 5.79. The van der Waals surface area contributed by atoms with Gasteiger partial charge in [-0.15, -0.1) is 0 Å². The van der Waals surface area contributed by atoms with Gasteiger partial charge in [0.05, 0.1) is 12.0 Å². The number of hydrogen-bond acceptors (Lipinski definition) is 3. The second-order valence-electron chi connectivity index (χ2n) is 5.34. The molecule has 4 heteroatoms. The van der Waals surface area contributed by atoms with E-state index in [0.717, 1.165) is 25.7 Å². The molecule has 1 aliphatic rings. The van der Waals surface area contributed by atoms with Crippen LogP contribution in [0.4, 0.5) is 0 Å². The molecule has 1 heterocycles. The molecule has 4 nitrogen and oxygen atoms in total. The van der Waals surface area contributed by atoms with Crippen molar-refractivity contribution in [3.05, 3.63) is 0 Å². The summed E-state index contributed by atoms with van der Waals surface area (Å²) in [7, 11) is 0. The molecule has 3 N–H and O–H groups in total. The molecule has 2 atom stereocenters. The Balaban J connectivity index is 2.49. The minimum absolute atomic E-state index is 0.0270. The van der Waals surface area contributed by atoms with Crippen LogP contribution in [0, 0.1) is 11.3 Å². The van der Waals surface area contributed by atoms with Crippen molar-refractivity contribution in [1.82, 2.24) is 5.32 Å². The topological polar surface area (TPSA) is 64.3 Å². The fourth-order valence-corrected chi connectivity index (χ4v) is 2.62. The van der Waals surface area contributed by atoms with Crippen molar-refractivity contribution >= 4 is 5.91 Å². The lowest BCUT2D eigenvalue weighted by Gasteiger charge is -2.31. The maximum atomic E-state index is 12.2. The predicted molar refractivity (Wildman–Crippen MR) is 73.2 cm³/mol. The normalized spacial score (nSPS) is 24.2. The first-order valence-electron chi connectivity index (χ1n) is 7.21. The van der Waals surface area contributed by atoms with Crippen molar-refractivity contribution in [2.24, 2.45) is 17.1 Å². The van der Waals surface area contributed by atoms with Gasteiger partial charge in [-0.3, -0.25) is 4.79 Å². The largest absolute Gasteiger partial charge is 0.377 e. The Labute approximate surface area is 111 Å². The number of nitrogens with one attached hydrogen (secondary N) is 1. The summed E-state index contributed by atoms with van der Waals surface area (Å²) in [5.41, 5.74) is 5.90. The number of hydrogen-bond donors (Lipinski definition) is 2. The van der Waals surface area contributed by atoms with Gasteiger partial charge in [-0.05, 0) is 37.6 Å². The smallest absolute Gasteiger partial charge is 0.225 e. The molecule has 1 fully saturated rings. The third-order valence-electron chi connectivity index (χ3n) is 4.52. The number of nitrogens with two attached hydrogens (primary N) is 1. The lowest BCUT2D eigenvalue weighted by molar-refractivity contribution is -0.127. The van der Waals surface area contributed by atoms with Gasteiger partial charge < -0.3 is 15.8 Å². The van der Waals surface area contributed by atoms with Crippen LogP contribution < -0.4 is 11.1 Å². The van der Waals surface area contributed by atoms with Crippen molar-refractivity contribution in [1.29, 1.82) is 0 Å². The Hall–Kier alpha value is -0.610. The minimum Gasteiger partial charge on any atom is -0.377 e. The van der Waals surface area contributed by atoms with Crippen LogP contribution in [-0.2, 0) is 9.53 Å². The Bertz CT molecular complexity index is 256. The zero-order valence-electron chi connectivity index (χ0n) is 12.0. The van der Waals surface area contributed by atoms with Crippen LogP contribution in [-0.4, -0.2) is 31.7 Å². The van der Waals surface area contributed by atoms with Gasteiger partial charge in [-0.1, -0.05) is 20.8 Å². The average molecular weight is 256 g/mol. The van der Waals surface area contributed by atoms with Gasteiger partial charge in [0.1, 0.15) is 0 Å². The summed E-state index contributed by atoms with van der Waals surface area (Å²) in [6.07, 6.45) is 3.84. The third-order valence-corrected chi connectivity index (χ3v) is 4.52. The quantitative estimate of drug-likeness (QED) is 0.728. The van der Waals surface area contributed by atoms with Gasteiger partial charge in [0.25, 0.3) is 0 Å². The van der Waals surface area contributed by atoms with Crippen molar-refractivity contribution in [3.63, 3.8) is 0 Å². The zero-order chi connectivity index (χ0) is 13.6. The lowest BCUT2D eigenvalue weighted by Crippen LogP contribution is -2.44. The molecule has 1 rings (SSSR count). The second kappa shape index (κ2) is 7.10. The average Bonchev–Trinajstić information content (AvgIpc) is 2.89. The third kappa shape index (κ3) is 3.45. The lowest BCUT2D eigenvalue weighted by atomic mass is 9.82. The number of ether oxygens (including phenoxy) is 1. The molecule has 0 aliphatic carbocycles. The van der Waals surface area contributed by atoms with Crippen LogP contribution in [0.1, 0.15) is 46.5 Å². The Kier molecular flexibility index (Phi) is 6.09. The van der Waals surface area contributed by atoms with Crippen LogP contribution in [0.25, 0.3) is 0 Å². The molecule has 1 aliphatic heterocycles. The van der Waals surface area contributed by atoms with Gasteiger partial charge in [-0.2, -0.15) is 0 Å². The minimum atomic E-state index is 0.0270. The molecule has 1 saturated heterocycles. The molecule has 18 heavy (non-hydrogen) atoms. The fourth-order valence-electron chi connectivity index (χ4n) is 2.62.